The van der Waals surface area contributed by atoms with Crippen LogP contribution < -0.4 is 9.80 Å². The first-order chi connectivity index (χ1) is 17.1. The molecule has 0 N–H and O–H groups in total. The summed E-state index contributed by atoms with van der Waals surface area (Å²) in [5.41, 5.74) is 6.39. The Labute approximate surface area is 213 Å². The van der Waals surface area contributed by atoms with Crippen molar-refractivity contribution in [1.82, 2.24) is 0 Å². The Bertz CT molecular complexity index is 1210. The summed E-state index contributed by atoms with van der Waals surface area (Å²) in [5, 5.41) is 0.675. The van der Waals surface area contributed by atoms with Crippen LogP contribution in [-0.2, 0) is 17.6 Å². The zero-order valence-electron chi connectivity index (χ0n) is 21.0. The summed E-state index contributed by atoms with van der Waals surface area (Å²) in [4.78, 5) is 23.2. The van der Waals surface area contributed by atoms with Crippen molar-refractivity contribution < 1.29 is 4.79 Å². The molecule has 1 aliphatic heterocycles. The predicted octanol–water partition coefficient (Wildman–Crippen LogP) is 7.47. The summed E-state index contributed by atoms with van der Waals surface area (Å²) in [6.45, 7) is 10.5. The number of amides is 1. The number of thioether (sulfide) groups is 1. The minimum atomic E-state index is -0.0454. The molecule has 1 heterocycles. The summed E-state index contributed by atoms with van der Waals surface area (Å²) >= 11 is 1.43. The van der Waals surface area contributed by atoms with Gasteiger partial charge in [-0.3, -0.25) is 9.69 Å². The molecule has 3 aromatic rings. The summed E-state index contributed by atoms with van der Waals surface area (Å²) < 4.78 is 0. The number of benzene rings is 3. The molecule has 0 radical (unpaired) electrons. The van der Waals surface area contributed by atoms with Gasteiger partial charge in [-0.1, -0.05) is 50.2 Å². The van der Waals surface area contributed by atoms with Gasteiger partial charge in [-0.25, -0.2) is 4.99 Å². The Morgan fingerprint density at radius 2 is 1.37 bits per heavy atom. The van der Waals surface area contributed by atoms with Crippen molar-refractivity contribution >= 4 is 46.0 Å². The number of hydrogen-bond acceptors (Lipinski definition) is 4. The zero-order chi connectivity index (χ0) is 24.8. The molecule has 0 unspecified atom stereocenters. The van der Waals surface area contributed by atoms with E-state index in [1.807, 2.05) is 30.3 Å². The molecule has 35 heavy (non-hydrogen) atoms. The topological polar surface area (TPSA) is 35.9 Å². The van der Waals surface area contributed by atoms with Gasteiger partial charge in [0, 0.05) is 18.8 Å². The van der Waals surface area contributed by atoms with E-state index in [1.54, 1.807) is 4.90 Å². The molecule has 5 heteroatoms. The van der Waals surface area contributed by atoms with E-state index in [4.69, 9.17) is 4.99 Å². The van der Waals surface area contributed by atoms with Crippen molar-refractivity contribution in [3.05, 3.63) is 94.4 Å². The SMILES string of the molecule is CCc1ccc(N=C2SC(=Cc3ccc(N(CC)CC)cc3)C(=O)N2c2ccc(CC)cc2)cc1. The van der Waals surface area contributed by atoms with Gasteiger partial charge in [0.2, 0.25) is 0 Å². The van der Waals surface area contributed by atoms with Gasteiger partial charge in [-0.2, -0.15) is 0 Å². The number of aliphatic imine (C=N–C) groups is 1. The molecule has 0 aromatic heterocycles. The first-order valence-electron chi connectivity index (χ1n) is 12.4. The van der Waals surface area contributed by atoms with Gasteiger partial charge in [0.25, 0.3) is 5.91 Å². The average Bonchev–Trinajstić information content (AvgIpc) is 3.20. The van der Waals surface area contributed by atoms with Crippen molar-refractivity contribution in [3.63, 3.8) is 0 Å². The third kappa shape index (κ3) is 5.68. The fourth-order valence-corrected chi connectivity index (χ4v) is 5.10. The van der Waals surface area contributed by atoms with Crippen molar-refractivity contribution in [3.8, 4) is 0 Å². The number of rotatable bonds is 8. The number of hydrogen-bond donors (Lipinski definition) is 0. The monoisotopic (exact) mass is 483 g/mol. The van der Waals surface area contributed by atoms with E-state index >= 15 is 0 Å². The molecule has 1 amide bonds. The summed E-state index contributed by atoms with van der Waals surface area (Å²) in [6, 6.07) is 24.8. The van der Waals surface area contributed by atoms with Crippen LogP contribution in [0.5, 0.6) is 0 Å². The van der Waals surface area contributed by atoms with Crippen LogP contribution in [-0.4, -0.2) is 24.2 Å². The Balaban J connectivity index is 1.69. The van der Waals surface area contributed by atoms with Crippen LogP contribution in [0.4, 0.5) is 17.1 Å². The van der Waals surface area contributed by atoms with Crippen molar-refractivity contribution in [1.29, 1.82) is 0 Å². The number of aryl methyl sites for hydroxylation is 2. The van der Waals surface area contributed by atoms with Crippen molar-refractivity contribution in [2.24, 2.45) is 4.99 Å². The minimum absolute atomic E-state index is 0.0454. The molecule has 0 atom stereocenters. The maximum Gasteiger partial charge on any atom is 0.271 e. The van der Waals surface area contributed by atoms with E-state index in [0.29, 0.717) is 10.1 Å². The highest BCUT2D eigenvalue weighted by molar-refractivity contribution is 8.19. The lowest BCUT2D eigenvalue weighted by molar-refractivity contribution is -0.113. The quantitative estimate of drug-likeness (QED) is 0.312. The Morgan fingerprint density at radius 3 is 1.91 bits per heavy atom. The fraction of sp³-hybridized carbons (Fsp3) is 0.267. The fourth-order valence-electron chi connectivity index (χ4n) is 4.10. The van der Waals surface area contributed by atoms with E-state index in [-0.39, 0.29) is 5.91 Å². The van der Waals surface area contributed by atoms with Crippen LogP contribution in [0.1, 0.15) is 44.4 Å². The number of nitrogens with zero attached hydrogens (tertiary/aromatic N) is 3. The second-order valence-corrected chi connectivity index (χ2v) is 9.46. The lowest BCUT2D eigenvalue weighted by atomic mass is 10.1. The van der Waals surface area contributed by atoms with Gasteiger partial charge >= 0.3 is 0 Å². The summed E-state index contributed by atoms with van der Waals surface area (Å²) in [7, 11) is 0. The molecule has 1 saturated heterocycles. The zero-order valence-corrected chi connectivity index (χ0v) is 21.8. The number of amidine groups is 1. The number of carbonyl (C=O) groups excluding carboxylic acids is 1. The average molecular weight is 484 g/mol. The first kappa shape index (κ1) is 24.8. The van der Waals surface area contributed by atoms with E-state index in [1.165, 1.54) is 28.6 Å². The lowest BCUT2D eigenvalue weighted by Crippen LogP contribution is -2.28. The van der Waals surface area contributed by atoms with E-state index < -0.39 is 0 Å². The molecule has 3 aromatic carbocycles. The first-order valence-corrected chi connectivity index (χ1v) is 13.2. The van der Waals surface area contributed by atoms with Crippen LogP contribution >= 0.6 is 11.8 Å². The van der Waals surface area contributed by atoms with Crippen molar-refractivity contribution in [2.75, 3.05) is 22.9 Å². The molecular formula is C30H33N3OS. The Hall–Kier alpha value is -3.31. The largest absolute Gasteiger partial charge is 0.372 e. The van der Waals surface area contributed by atoms with Gasteiger partial charge in [0.05, 0.1) is 16.3 Å². The minimum Gasteiger partial charge on any atom is -0.372 e. The van der Waals surface area contributed by atoms with Crippen LogP contribution in [0.15, 0.2) is 82.7 Å². The van der Waals surface area contributed by atoms with Crippen LogP contribution in [0.2, 0.25) is 0 Å². The normalized spacial score (nSPS) is 15.9. The van der Waals surface area contributed by atoms with E-state index in [2.05, 4.69) is 81.1 Å². The second kappa shape index (κ2) is 11.4. The highest BCUT2D eigenvalue weighted by Gasteiger charge is 2.34. The maximum atomic E-state index is 13.6. The molecule has 4 nitrogen and oxygen atoms in total. The van der Waals surface area contributed by atoms with E-state index in [0.717, 1.165) is 42.9 Å². The smallest absolute Gasteiger partial charge is 0.271 e. The van der Waals surface area contributed by atoms with Crippen molar-refractivity contribution in [2.45, 2.75) is 40.5 Å². The molecule has 0 saturated carbocycles. The standard InChI is InChI=1S/C30H33N3OS/c1-5-22-9-15-25(16-10-22)31-30-33(27-19-11-23(6-2)12-20-27)29(34)28(35-30)21-24-13-17-26(18-14-24)32(7-3)8-4/h9-21H,5-8H2,1-4H3. The van der Waals surface area contributed by atoms with Gasteiger partial charge in [0.1, 0.15) is 0 Å². The molecule has 0 aliphatic carbocycles. The van der Waals surface area contributed by atoms with Crippen LogP contribution in [0.25, 0.3) is 6.08 Å². The van der Waals surface area contributed by atoms with Gasteiger partial charge in [0.15, 0.2) is 5.17 Å². The Kier molecular flexibility index (Phi) is 8.09. The molecule has 180 valence electrons. The van der Waals surface area contributed by atoms with Gasteiger partial charge in [-0.15, -0.1) is 0 Å². The molecule has 0 bridgehead atoms. The summed E-state index contributed by atoms with van der Waals surface area (Å²) in [6.07, 6.45) is 3.91. The molecule has 0 spiro atoms. The summed E-state index contributed by atoms with van der Waals surface area (Å²) in [5.74, 6) is -0.0454. The third-order valence-corrected chi connectivity index (χ3v) is 7.27. The van der Waals surface area contributed by atoms with Crippen LogP contribution in [0, 0.1) is 0 Å². The molecule has 1 fully saturated rings. The second-order valence-electron chi connectivity index (χ2n) is 8.45. The molecular weight excluding hydrogens is 450 g/mol. The van der Waals surface area contributed by atoms with E-state index in [9.17, 15) is 4.79 Å². The number of anilines is 2. The third-order valence-electron chi connectivity index (χ3n) is 6.30. The molecule has 4 rings (SSSR count). The lowest BCUT2D eigenvalue weighted by Gasteiger charge is -2.20. The highest BCUT2D eigenvalue weighted by atomic mass is 32.2. The van der Waals surface area contributed by atoms with Gasteiger partial charge in [-0.05, 0) is 97.6 Å². The maximum absolute atomic E-state index is 13.6. The predicted molar refractivity (Wildman–Crippen MR) is 152 cm³/mol. The highest BCUT2D eigenvalue weighted by Crippen LogP contribution is 2.37. The van der Waals surface area contributed by atoms with Crippen LogP contribution in [0.3, 0.4) is 0 Å². The van der Waals surface area contributed by atoms with Gasteiger partial charge < -0.3 is 4.90 Å². The molecule has 1 aliphatic rings. The Morgan fingerprint density at radius 1 is 0.800 bits per heavy atom. The number of carbonyl (C=O) groups is 1.